The van der Waals surface area contributed by atoms with Crippen LogP contribution in [0.3, 0.4) is 0 Å². The standard InChI is InChI=1S/C36H23F16N3O11S2/c1-18(56)53(19-8-4-2-5-9-19)11-7-3-6-10-22-23-12-20(67(61,62)65-16-31(41,42)35(49,50)33(45,46)29(37)38)14-25(54(57)58)27(23)28-24(22)13-21(15-26(28)55(59)60)68(63,64)66-17-32(43,44)36(51,52)34(47,48)30(39)40/h2-15,29-30H,16-17H2,1H3/b6-3+,11-7+. The van der Waals surface area contributed by atoms with Crippen molar-refractivity contribution >= 4 is 48.8 Å². The number of para-hydroxylation sites is 1. The summed E-state index contributed by atoms with van der Waals surface area (Å²) in [5, 5.41) is 24.8. The van der Waals surface area contributed by atoms with E-state index in [2.05, 4.69) is 8.37 Å². The molecule has 3 aromatic rings. The van der Waals surface area contributed by atoms with Crippen molar-refractivity contribution in [2.45, 2.75) is 65.1 Å². The molecule has 0 aromatic heterocycles. The smallest absolute Gasteiger partial charge is 0.288 e. The SMILES string of the molecule is CC(=O)N(/C=C/C=C/C=C1c2cc(S(=O)(=O)OCC(F)(F)C(F)(F)C(F)(F)C(F)F)cc([N+](=O)[O-])c2-c2c1cc(S(=O)(=O)OCC(F)(F)C(F)(F)C(F)(F)C(F)F)cc2[N+](=O)[O-])c1ccccc1. The number of hydrogen-bond donors (Lipinski definition) is 0. The highest BCUT2D eigenvalue weighted by Gasteiger charge is 2.76. The average Bonchev–Trinajstić information content (AvgIpc) is 3.55. The largest absolute Gasteiger partial charge is 0.380 e. The number of nitro groups is 2. The van der Waals surface area contributed by atoms with E-state index in [1.54, 1.807) is 6.07 Å². The molecule has 68 heavy (non-hydrogen) atoms. The van der Waals surface area contributed by atoms with Gasteiger partial charge in [0.05, 0.1) is 21.0 Å². The van der Waals surface area contributed by atoms with Gasteiger partial charge < -0.3 is 0 Å². The van der Waals surface area contributed by atoms with Crippen LogP contribution < -0.4 is 4.90 Å². The van der Waals surface area contributed by atoms with E-state index in [0.29, 0.717) is 6.08 Å². The molecule has 0 saturated heterocycles. The van der Waals surface area contributed by atoms with Gasteiger partial charge in [-0.3, -0.25) is 38.3 Å². The summed E-state index contributed by atoms with van der Waals surface area (Å²) in [6.07, 6.45) is -6.19. The summed E-state index contributed by atoms with van der Waals surface area (Å²) in [5.41, 5.74) is -8.09. The Kier molecular flexibility index (Phi) is 15.0. The van der Waals surface area contributed by atoms with Gasteiger partial charge in [0.25, 0.3) is 31.6 Å². The van der Waals surface area contributed by atoms with Crippen LogP contribution in [-0.4, -0.2) is 94.2 Å². The molecular weight excluding hydrogens is 1020 g/mol. The predicted octanol–water partition coefficient (Wildman–Crippen LogP) is 9.79. The summed E-state index contributed by atoms with van der Waals surface area (Å²) in [4.78, 5) is 31.5. The van der Waals surface area contributed by atoms with Gasteiger partial charge in [-0.25, -0.2) is 17.6 Å². The van der Waals surface area contributed by atoms with E-state index in [-0.39, 0.29) is 30.0 Å². The summed E-state index contributed by atoms with van der Waals surface area (Å²) in [7, 11) is -12.4. The fourth-order valence-electron chi connectivity index (χ4n) is 5.75. The lowest BCUT2D eigenvalue weighted by molar-refractivity contribution is -0.386. The van der Waals surface area contributed by atoms with Gasteiger partial charge in [0.1, 0.15) is 23.0 Å². The van der Waals surface area contributed by atoms with Gasteiger partial charge >= 0.3 is 48.4 Å². The Bertz CT molecular complexity index is 2660. The van der Waals surface area contributed by atoms with E-state index in [1.807, 2.05) is 0 Å². The van der Waals surface area contributed by atoms with Gasteiger partial charge in [0.15, 0.2) is 0 Å². The molecule has 0 bridgehead atoms. The third-order valence-electron chi connectivity index (χ3n) is 9.17. The normalized spacial score (nSPS) is 14.2. The first kappa shape index (κ1) is 54.5. The van der Waals surface area contributed by atoms with Crippen LogP contribution in [0.4, 0.5) is 87.3 Å². The number of alkyl halides is 16. The quantitative estimate of drug-likeness (QED) is 0.0269. The molecule has 0 N–H and O–H groups in total. The zero-order valence-electron chi connectivity index (χ0n) is 32.8. The highest BCUT2D eigenvalue weighted by Crippen LogP contribution is 2.55. The molecule has 4 rings (SSSR count). The second-order valence-corrected chi connectivity index (χ2v) is 16.8. The van der Waals surface area contributed by atoms with Gasteiger partial charge in [-0.15, -0.1) is 0 Å². The maximum Gasteiger partial charge on any atom is 0.380 e. The first-order valence-electron chi connectivity index (χ1n) is 17.6. The summed E-state index contributed by atoms with van der Waals surface area (Å²) < 4.78 is 277. The van der Waals surface area contributed by atoms with Crippen molar-refractivity contribution < 1.29 is 110 Å². The van der Waals surface area contributed by atoms with Gasteiger partial charge in [0, 0.05) is 30.9 Å². The van der Waals surface area contributed by atoms with Crippen LogP contribution in [0.15, 0.2) is 94.9 Å². The lowest BCUT2D eigenvalue weighted by Gasteiger charge is -2.31. The lowest BCUT2D eigenvalue weighted by atomic mass is 10.0. The van der Waals surface area contributed by atoms with E-state index >= 15 is 0 Å². The highest BCUT2D eigenvalue weighted by molar-refractivity contribution is 7.87. The number of nitrogens with zero attached hydrogens (tertiary/aromatic N) is 3. The van der Waals surface area contributed by atoms with Gasteiger partial charge in [-0.1, -0.05) is 36.4 Å². The molecule has 0 aliphatic heterocycles. The van der Waals surface area contributed by atoms with Crippen LogP contribution in [0.2, 0.25) is 0 Å². The van der Waals surface area contributed by atoms with Crippen molar-refractivity contribution in [3.05, 3.63) is 116 Å². The second kappa shape index (κ2) is 18.7. The Balaban J connectivity index is 1.97. The van der Waals surface area contributed by atoms with Gasteiger partial charge in [-0.05, 0) is 47.0 Å². The number of nitro benzene ring substituents is 2. The Labute approximate surface area is 369 Å². The molecule has 14 nitrogen and oxygen atoms in total. The highest BCUT2D eigenvalue weighted by atomic mass is 32.2. The van der Waals surface area contributed by atoms with Gasteiger partial charge in [-0.2, -0.15) is 69.5 Å². The maximum atomic E-state index is 14.3. The Morgan fingerprint density at radius 3 is 1.37 bits per heavy atom. The number of carbonyl (C=O) groups excluding carboxylic acids is 1. The van der Waals surface area contributed by atoms with Crippen LogP contribution in [0.25, 0.3) is 16.7 Å². The van der Waals surface area contributed by atoms with Crippen LogP contribution >= 0.6 is 0 Å². The van der Waals surface area contributed by atoms with Crippen molar-refractivity contribution in [3.63, 3.8) is 0 Å². The Morgan fingerprint density at radius 2 is 1.03 bits per heavy atom. The summed E-state index contributed by atoms with van der Waals surface area (Å²) >= 11 is 0. The van der Waals surface area contributed by atoms with E-state index < -0.39 is 147 Å². The molecule has 0 saturated carbocycles. The maximum absolute atomic E-state index is 14.3. The fourth-order valence-corrected chi connectivity index (χ4v) is 7.66. The minimum atomic E-state index is -7.04. The number of anilines is 1. The minimum absolute atomic E-state index is 0.143. The molecule has 1 aliphatic carbocycles. The molecule has 1 amide bonds. The predicted molar refractivity (Wildman–Crippen MR) is 198 cm³/mol. The zero-order chi connectivity index (χ0) is 52.0. The van der Waals surface area contributed by atoms with Gasteiger partial charge in [0.2, 0.25) is 5.91 Å². The number of hydrogen-bond acceptors (Lipinski definition) is 11. The van der Waals surface area contributed by atoms with Crippen molar-refractivity contribution in [2.24, 2.45) is 0 Å². The number of allylic oxidation sites excluding steroid dienone is 4. The number of carbonyl (C=O) groups is 1. The summed E-state index contributed by atoms with van der Waals surface area (Å²) in [6, 6.07) is 7.52. The zero-order valence-corrected chi connectivity index (χ0v) is 34.5. The van der Waals surface area contributed by atoms with Crippen LogP contribution in [-0.2, 0) is 33.4 Å². The molecule has 0 spiro atoms. The van der Waals surface area contributed by atoms with Crippen molar-refractivity contribution in [3.8, 4) is 11.1 Å². The average molecular weight is 1040 g/mol. The van der Waals surface area contributed by atoms with E-state index in [1.165, 1.54) is 24.3 Å². The monoisotopic (exact) mass is 1040 g/mol. The number of fused-ring (bicyclic) bond motifs is 3. The van der Waals surface area contributed by atoms with Crippen LogP contribution in [0.1, 0.15) is 18.1 Å². The molecule has 0 heterocycles. The molecule has 0 atom stereocenters. The van der Waals surface area contributed by atoms with Crippen LogP contribution in [0.5, 0.6) is 0 Å². The summed E-state index contributed by atoms with van der Waals surface area (Å²) in [5.74, 6) is -41.2. The minimum Gasteiger partial charge on any atom is -0.288 e. The van der Waals surface area contributed by atoms with Crippen molar-refractivity contribution in [1.29, 1.82) is 0 Å². The molecule has 3 aromatic carbocycles. The number of rotatable bonds is 20. The number of halogens is 16. The second-order valence-electron chi connectivity index (χ2n) is 13.6. The first-order chi connectivity index (χ1) is 30.9. The molecule has 32 heteroatoms. The Hall–Kier alpha value is -6.15. The molecule has 0 fully saturated rings. The summed E-state index contributed by atoms with van der Waals surface area (Å²) in [6.45, 7) is -5.60. The molecule has 372 valence electrons. The van der Waals surface area contributed by atoms with E-state index in [4.69, 9.17) is 0 Å². The van der Waals surface area contributed by atoms with Crippen LogP contribution in [0, 0.1) is 20.2 Å². The molecule has 0 radical (unpaired) electrons. The van der Waals surface area contributed by atoms with E-state index in [0.717, 1.165) is 36.3 Å². The number of amides is 1. The fraction of sp³-hybridized carbons (Fsp3) is 0.306. The molecular formula is C36H23F16N3O11S2. The Morgan fingerprint density at radius 1 is 0.647 bits per heavy atom. The van der Waals surface area contributed by atoms with Crippen molar-refractivity contribution in [1.82, 2.24) is 0 Å². The third-order valence-corrected chi connectivity index (χ3v) is 11.7. The molecule has 0 unspecified atom stereocenters. The van der Waals surface area contributed by atoms with Crippen molar-refractivity contribution in [2.75, 3.05) is 18.1 Å². The first-order valence-corrected chi connectivity index (χ1v) is 20.4. The third kappa shape index (κ3) is 10.0. The lowest BCUT2D eigenvalue weighted by Crippen LogP contribution is -2.59. The van der Waals surface area contributed by atoms with E-state index in [9.17, 15) is 112 Å². The molecule has 1 aliphatic rings. The topological polar surface area (TPSA) is 193 Å². The number of benzene rings is 3.